The lowest BCUT2D eigenvalue weighted by atomic mass is 10.2. The predicted molar refractivity (Wildman–Crippen MR) is 50.5 cm³/mol. The van der Waals surface area contributed by atoms with Gasteiger partial charge in [-0.25, -0.2) is 0 Å². The van der Waals surface area contributed by atoms with Gasteiger partial charge in [-0.15, -0.1) is 0 Å². The predicted octanol–water partition coefficient (Wildman–Crippen LogP) is 1.45. The molecular formula is C11H12. The van der Waals surface area contributed by atoms with Crippen molar-refractivity contribution in [2.24, 2.45) is 0 Å². The van der Waals surface area contributed by atoms with Gasteiger partial charge in [-0.3, -0.25) is 0 Å². The van der Waals surface area contributed by atoms with Crippen LogP contribution in [0.15, 0.2) is 36.4 Å². The maximum absolute atomic E-state index is 3.90. The first-order valence-electron chi connectivity index (χ1n) is 3.61. The van der Waals surface area contributed by atoms with Gasteiger partial charge < -0.3 is 0 Å². The Balaban J connectivity index is 3.36. The minimum Gasteiger partial charge on any atom is -0.0961 e. The SMILES string of the molecule is C=C(C)/C=c1/ccccc1=C. The van der Waals surface area contributed by atoms with E-state index >= 15 is 0 Å². The van der Waals surface area contributed by atoms with Gasteiger partial charge in [0.25, 0.3) is 0 Å². The summed E-state index contributed by atoms with van der Waals surface area (Å²) in [4.78, 5) is 0. The second kappa shape index (κ2) is 3.20. The van der Waals surface area contributed by atoms with Crippen molar-refractivity contribution in [2.75, 3.05) is 0 Å². The Hall–Kier alpha value is -1.30. The van der Waals surface area contributed by atoms with E-state index in [1.807, 2.05) is 37.3 Å². The minimum atomic E-state index is 1.05. The summed E-state index contributed by atoms with van der Waals surface area (Å²) in [7, 11) is 0. The van der Waals surface area contributed by atoms with Crippen molar-refractivity contribution < 1.29 is 0 Å². The third-order valence-electron chi connectivity index (χ3n) is 1.46. The minimum absolute atomic E-state index is 1.05. The van der Waals surface area contributed by atoms with E-state index < -0.39 is 0 Å². The van der Waals surface area contributed by atoms with Crippen LogP contribution in [0.5, 0.6) is 0 Å². The van der Waals surface area contributed by atoms with E-state index in [2.05, 4.69) is 13.2 Å². The molecule has 0 nitrogen and oxygen atoms in total. The molecule has 0 N–H and O–H groups in total. The number of rotatable bonds is 1. The molecule has 0 aromatic heterocycles. The van der Waals surface area contributed by atoms with Gasteiger partial charge in [-0.2, -0.15) is 0 Å². The molecule has 11 heavy (non-hydrogen) atoms. The Kier molecular flexibility index (Phi) is 2.27. The standard InChI is InChI=1S/C11H12/c1-9(2)8-11-7-5-4-6-10(11)3/h4-8H,1,3H2,2H3/b11-8-. The highest BCUT2D eigenvalue weighted by atomic mass is 13.8. The molecule has 0 amide bonds. The largest absolute Gasteiger partial charge is 0.0961 e. The third-order valence-corrected chi connectivity index (χ3v) is 1.46. The Labute approximate surface area is 67.2 Å². The van der Waals surface area contributed by atoms with Crippen molar-refractivity contribution in [3.8, 4) is 0 Å². The summed E-state index contributed by atoms with van der Waals surface area (Å²) >= 11 is 0. The van der Waals surface area contributed by atoms with Gasteiger partial charge in [-0.05, 0) is 17.4 Å². The molecule has 0 spiro atoms. The van der Waals surface area contributed by atoms with Crippen molar-refractivity contribution in [3.05, 3.63) is 46.9 Å². The zero-order chi connectivity index (χ0) is 8.27. The maximum atomic E-state index is 3.90. The molecule has 0 radical (unpaired) electrons. The molecule has 1 aromatic rings. The van der Waals surface area contributed by atoms with Crippen LogP contribution in [0.25, 0.3) is 12.7 Å². The maximum Gasteiger partial charge on any atom is -0.0188 e. The zero-order valence-electron chi connectivity index (χ0n) is 6.80. The lowest BCUT2D eigenvalue weighted by molar-refractivity contribution is 1.50. The lowest BCUT2D eigenvalue weighted by Crippen LogP contribution is -2.21. The summed E-state index contributed by atoms with van der Waals surface area (Å²) < 4.78 is 0. The van der Waals surface area contributed by atoms with Crippen LogP contribution >= 0.6 is 0 Å². The van der Waals surface area contributed by atoms with Gasteiger partial charge in [0.2, 0.25) is 0 Å². The van der Waals surface area contributed by atoms with Crippen LogP contribution in [0.3, 0.4) is 0 Å². The Morgan fingerprint density at radius 2 is 2.00 bits per heavy atom. The first-order chi connectivity index (χ1) is 5.20. The van der Waals surface area contributed by atoms with E-state index in [0.29, 0.717) is 0 Å². The van der Waals surface area contributed by atoms with Crippen molar-refractivity contribution in [2.45, 2.75) is 6.92 Å². The average molecular weight is 144 g/mol. The molecule has 0 heteroatoms. The molecule has 0 saturated carbocycles. The van der Waals surface area contributed by atoms with E-state index in [0.717, 1.165) is 16.0 Å². The number of benzene rings is 1. The van der Waals surface area contributed by atoms with Crippen LogP contribution in [0.2, 0.25) is 0 Å². The highest BCUT2D eigenvalue weighted by Crippen LogP contribution is 1.84. The second-order valence-corrected chi connectivity index (χ2v) is 2.69. The number of hydrogen-bond acceptors (Lipinski definition) is 0. The lowest BCUT2D eigenvalue weighted by Gasteiger charge is -1.88. The van der Waals surface area contributed by atoms with E-state index in [-0.39, 0.29) is 0 Å². The van der Waals surface area contributed by atoms with Crippen LogP contribution in [-0.4, -0.2) is 0 Å². The Bertz CT molecular complexity index is 358. The Morgan fingerprint density at radius 1 is 1.36 bits per heavy atom. The van der Waals surface area contributed by atoms with Crippen LogP contribution in [0.1, 0.15) is 6.92 Å². The van der Waals surface area contributed by atoms with Gasteiger partial charge in [0.15, 0.2) is 0 Å². The van der Waals surface area contributed by atoms with Gasteiger partial charge in [0.1, 0.15) is 0 Å². The van der Waals surface area contributed by atoms with Gasteiger partial charge in [0.05, 0.1) is 0 Å². The molecule has 0 aliphatic rings. The van der Waals surface area contributed by atoms with E-state index in [4.69, 9.17) is 0 Å². The fourth-order valence-electron chi connectivity index (χ4n) is 0.940. The molecule has 0 aliphatic heterocycles. The van der Waals surface area contributed by atoms with Crippen LogP contribution in [0, 0.1) is 0 Å². The quantitative estimate of drug-likeness (QED) is 0.559. The average Bonchev–Trinajstić information content (AvgIpc) is 1.93. The highest BCUT2D eigenvalue weighted by molar-refractivity contribution is 5.43. The molecule has 0 saturated heterocycles. The summed E-state index contributed by atoms with van der Waals surface area (Å²) in [6.07, 6.45) is 2.03. The fourth-order valence-corrected chi connectivity index (χ4v) is 0.940. The van der Waals surface area contributed by atoms with E-state index in [9.17, 15) is 0 Å². The van der Waals surface area contributed by atoms with Crippen LogP contribution < -0.4 is 10.4 Å². The van der Waals surface area contributed by atoms with Crippen LogP contribution in [0.4, 0.5) is 0 Å². The second-order valence-electron chi connectivity index (χ2n) is 2.69. The summed E-state index contributed by atoms with van der Waals surface area (Å²) in [6, 6.07) is 8.02. The summed E-state index contributed by atoms with van der Waals surface area (Å²) in [5, 5.41) is 2.20. The van der Waals surface area contributed by atoms with Crippen molar-refractivity contribution in [1.29, 1.82) is 0 Å². The summed E-state index contributed by atoms with van der Waals surface area (Å²) in [6.45, 7) is 9.69. The third kappa shape index (κ3) is 2.08. The first-order valence-corrected chi connectivity index (χ1v) is 3.61. The molecular weight excluding hydrogens is 132 g/mol. The molecule has 1 aromatic carbocycles. The van der Waals surface area contributed by atoms with Crippen LogP contribution in [-0.2, 0) is 0 Å². The zero-order valence-corrected chi connectivity index (χ0v) is 6.80. The molecule has 0 fully saturated rings. The molecule has 1 rings (SSSR count). The molecule has 0 heterocycles. The van der Waals surface area contributed by atoms with Gasteiger partial charge >= 0.3 is 0 Å². The van der Waals surface area contributed by atoms with Crippen molar-refractivity contribution in [3.63, 3.8) is 0 Å². The number of allylic oxidation sites excluding steroid dienone is 1. The van der Waals surface area contributed by atoms with Gasteiger partial charge in [-0.1, -0.05) is 49.1 Å². The first kappa shape index (κ1) is 7.80. The summed E-state index contributed by atoms with van der Waals surface area (Å²) in [5.74, 6) is 0. The number of hydrogen-bond donors (Lipinski definition) is 0. The van der Waals surface area contributed by atoms with Crippen molar-refractivity contribution >= 4 is 12.7 Å². The monoisotopic (exact) mass is 144 g/mol. The smallest absolute Gasteiger partial charge is 0.0188 e. The molecule has 56 valence electrons. The van der Waals surface area contributed by atoms with Gasteiger partial charge in [0, 0.05) is 0 Å². The molecule has 0 unspecified atom stereocenters. The molecule has 0 bridgehead atoms. The van der Waals surface area contributed by atoms with Crippen molar-refractivity contribution in [1.82, 2.24) is 0 Å². The normalized spacial score (nSPS) is 11.5. The summed E-state index contributed by atoms with van der Waals surface area (Å²) in [5.41, 5.74) is 1.06. The molecule has 0 aliphatic carbocycles. The molecule has 0 atom stereocenters. The topological polar surface area (TPSA) is 0 Å². The van der Waals surface area contributed by atoms with E-state index in [1.165, 1.54) is 0 Å². The Morgan fingerprint density at radius 3 is 2.55 bits per heavy atom. The van der Waals surface area contributed by atoms with E-state index in [1.54, 1.807) is 0 Å². The fraction of sp³-hybridized carbons (Fsp3) is 0.0909. The highest BCUT2D eigenvalue weighted by Gasteiger charge is 1.79.